The van der Waals surface area contributed by atoms with E-state index in [1.807, 2.05) is 44.2 Å². The number of carbonyl (C=O) groups excluding carboxylic acids is 1. The van der Waals surface area contributed by atoms with Crippen LogP contribution in [0.5, 0.6) is 5.75 Å². The number of ether oxygens (including phenoxy) is 1. The Morgan fingerprint density at radius 1 is 1.04 bits per heavy atom. The van der Waals surface area contributed by atoms with Gasteiger partial charge in [0.1, 0.15) is 5.75 Å². The fourth-order valence-electron chi connectivity index (χ4n) is 2.48. The van der Waals surface area contributed by atoms with Crippen molar-refractivity contribution >= 4 is 17.6 Å². The number of rotatable bonds is 7. The van der Waals surface area contributed by atoms with Crippen LogP contribution in [0.2, 0.25) is 0 Å². The summed E-state index contributed by atoms with van der Waals surface area (Å²) in [5.41, 5.74) is 2.11. The molecule has 25 heavy (non-hydrogen) atoms. The molecule has 0 aliphatic heterocycles. The second kappa shape index (κ2) is 8.97. The van der Waals surface area contributed by atoms with Crippen molar-refractivity contribution in [2.45, 2.75) is 20.5 Å². The van der Waals surface area contributed by atoms with Crippen LogP contribution in [0.25, 0.3) is 11.6 Å². The van der Waals surface area contributed by atoms with Gasteiger partial charge in [0.2, 0.25) is 0 Å². The van der Waals surface area contributed by atoms with Gasteiger partial charge in [-0.3, -0.25) is 4.79 Å². The van der Waals surface area contributed by atoms with Crippen LogP contribution in [-0.2, 0) is 4.79 Å². The molecule has 3 nitrogen and oxygen atoms in total. The maximum Gasteiger partial charge on any atom is 0.387 e. The van der Waals surface area contributed by atoms with Crippen molar-refractivity contribution in [1.82, 2.24) is 4.90 Å². The van der Waals surface area contributed by atoms with Gasteiger partial charge < -0.3 is 9.64 Å². The van der Waals surface area contributed by atoms with Crippen molar-refractivity contribution in [2.75, 3.05) is 13.1 Å². The molecule has 5 heteroatoms. The van der Waals surface area contributed by atoms with E-state index in [-0.39, 0.29) is 11.7 Å². The number of nitrogens with zero attached hydrogens (tertiary/aromatic N) is 1. The Kier molecular flexibility index (Phi) is 6.69. The van der Waals surface area contributed by atoms with E-state index in [1.165, 1.54) is 12.1 Å². The van der Waals surface area contributed by atoms with Crippen LogP contribution in [0, 0.1) is 0 Å². The van der Waals surface area contributed by atoms with Crippen LogP contribution in [0.1, 0.15) is 25.0 Å². The molecule has 1 amide bonds. The van der Waals surface area contributed by atoms with E-state index in [2.05, 4.69) is 4.74 Å². The molecule has 2 aromatic carbocycles. The van der Waals surface area contributed by atoms with E-state index in [9.17, 15) is 13.6 Å². The summed E-state index contributed by atoms with van der Waals surface area (Å²) in [7, 11) is 0. The van der Waals surface area contributed by atoms with Gasteiger partial charge in [-0.05, 0) is 43.2 Å². The molecular weight excluding hydrogens is 324 g/mol. The van der Waals surface area contributed by atoms with E-state index in [0.717, 1.165) is 11.1 Å². The SMILES string of the molecule is CCN(CC)C(=O)/C(=C/c1ccc(OC(F)F)cc1)c1ccccc1. The van der Waals surface area contributed by atoms with Crippen molar-refractivity contribution in [2.24, 2.45) is 0 Å². The topological polar surface area (TPSA) is 29.5 Å². The summed E-state index contributed by atoms with van der Waals surface area (Å²) in [5.74, 6) is 0.0209. The van der Waals surface area contributed by atoms with Gasteiger partial charge in [0.05, 0.1) is 0 Å². The van der Waals surface area contributed by atoms with Crippen molar-refractivity contribution < 1.29 is 18.3 Å². The first-order valence-electron chi connectivity index (χ1n) is 8.16. The van der Waals surface area contributed by atoms with Gasteiger partial charge in [-0.25, -0.2) is 0 Å². The van der Waals surface area contributed by atoms with Crippen LogP contribution < -0.4 is 4.74 Å². The first kappa shape index (κ1) is 18.6. The summed E-state index contributed by atoms with van der Waals surface area (Å²) >= 11 is 0. The highest BCUT2D eigenvalue weighted by Gasteiger charge is 2.17. The highest BCUT2D eigenvalue weighted by atomic mass is 19.3. The molecule has 0 saturated carbocycles. The number of hydrogen-bond donors (Lipinski definition) is 0. The Hall–Kier alpha value is -2.69. The quantitative estimate of drug-likeness (QED) is 0.538. The molecule has 2 rings (SSSR count). The second-order valence-corrected chi connectivity index (χ2v) is 5.35. The van der Waals surface area contributed by atoms with E-state index in [1.54, 1.807) is 23.1 Å². The lowest BCUT2D eigenvalue weighted by Crippen LogP contribution is -2.31. The van der Waals surface area contributed by atoms with Crippen LogP contribution in [0.3, 0.4) is 0 Å². The summed E-state index contributed by atoms with van der Waals surface area (Å²) in [4.78, 5) is 14.6. The highest BCUT2D eigenvalue weighted by molar-refractivity contribution is 6.24. The summed E-state index contributed by atoms with van der Waals surface area (Å²) in [6.45, 7) is 2.23. The zero-order chi connectivity index (χ0) is 18.2. The lowest BCUT2D eigenvalue weighted by molar-refractivity contribution is -0.124. The van der Waals surface area contributed by atoms with Gasteiger partial charge in [0.15, 0.2) is 0 Å². The number of likely N-dealkylation sites (N-methyl/N-ethyl adjacent to an activating group) is 1. The predicted octanol–water partition coefficient (Wildman–Crippen LogP) is 4.70. The Morgan fingerprint density at radius 3 is 2.16 bits per heavy atom. The molecule has 0 fully saturated rings. The molecule has 132 valence electrons. The molecule has 0 atom stereocenters. The molecule has 0 spiro atoms. The maximum atomic E-state index is 12.9. The second-order valence-electron chi connectivity index (χ2n) is 5.35. The number of alkyl halides is 2. The Labute approximate surface area is 146 Å². The lowest BCUT2D eigenvalue weighted by Gasteiger charge is -2.20. The minimum atomic E-state index is -2.86. The largest absolute Gasteiger partial charge is 0.435 e. The van der Waals surface area contributed by atoms with Gasteiger partial charge in [0.25, 0.3) is 5.91 Å². The van der Waals surface area contributed by atoms with E-state index < -0.39 is 6.61 Å². The fourth-order valence-corrected chi connectivity index (χ4v) is 2.48. The molecule has 0 radical (unpaired) electrons. The number of carbonyl (C=O) groups is 1. The average molecular weight is 345 g/mol. The Bertz CT molecular complexity index is 708. The Balaban J connectivity index is 2.38. The molecule has 0 bridgehead atoms. The van der Waals surface area contributed by atoms with Crippen LogP contribution in [0.4, 0.5) is 8.78 Å². The third-order valence-electron chi connectivity index (χ3n) is 3.78. The minimum Gasteiger partial charge on any atom is -0.435 e. The van der Waals surface area contributed by atoms with Gasteiger partial charge >= 0.3 is 6.61 Å². The monoisotopic (exact) mass is 345 g/mol. The summed E-state index contributed by atoms with van der Waals surface area (Å²) in [6.07, 6.45) is 1.77. The molecule has 0 N–H and O–H groups in total. The Morgan fingerprint density at radius 2 is 1.64 bits per heavy atom. The maximum absolute atomic E-state index is 12.9. The molecule has 0 saturated heterocycles. The minimum absolute atomic E-state index is 0.0656. The summed E-state index contributed by atoms with van der Waals surface area (Å²) in [5, 5.41) is 0. The lowest BCUT2D eigenvalue weighted by atomic mass is 10.0. The van der Waals surface area contributed by atoms with Gasteiger partial charge in [-0.15, -0.1) is 0 Å². The van der Waals surface area contributed by atoms with Gasteiger partial charge in [0, 0.05) is 18.7 Å². The third-order valence-corrected chi connectivity index (χ3v) is 3.78. The molecule has 0 heterocycles. The molecule has 2 aromatic rings. The van der Waals surface area contributed by atoms with Gasteiger partial charge in [-0.2, -0.15) is 8.78 Å². The number of hydrogen-bond acceptors (Lipinski definition) is 2. The van der Waals surface area contributed by atoms with Crippen molar-refractivity contribution in [1.29, 1.82) is 0 Å². The first-order valence-corrected chi connectivity index (χ1v) is 8.16. The van der Waals surface area contributed by atoms with E-state index in [0.29, 0.717) is 18.7 Å². The predicted molar refractivity (Wildman–Crippen MR) is 95.3 cm³/mol. The van der Waals surface area contributed by atoms with Crippen molar-refractivity contribution in [3.63, 3.8) is 0 Å². The average Bonchev–Trinajstić information content (AvgIpc) is 2.62. The number of benzene rings is 2. The molecule has 0 aliphatic rings. The summed E-state index contributed by atoms with van der Waals surface area (Å²) in [6, 6.07) is 15.6. The van der Waals surface area contributed by atoms with Crippen molar-refractivity contribution in [3.8, 4) is 5.75 Å². The van der Waals surface area contributed by atoms with E-state index in [4.69, 9.17) is 0 Å². The fraction of sp³-hybridized carbons (Fsp3) is 0.250. The number of halogens is 2. The van der Waals surface area contributed by atoms with Crippen molar-refractivity contribution in [3.05, 3.63) is 65.7 Å². The summed E-state index contributed by atoms with van der Waals surface area (Å²) < 4.78 is 28.8. The standard InChI is InChI=1S/C20H21F2NO2/c1-3-23(4-2)19(24)18(16-8-6-5-7-9-16)14-15-10-12-17(13-11-15)25-20(21)22/h5-14,20H,3-4H2,1-2H3/b18-14+. The molecular formula is C20H21F2NO2. The third kappa shape index (κ3) is 5.14. The normalized spacial score (nSPS) is 11.5. The molecule has 0 unspecified atom stereocenters. The van der Waals surface area contributed by atoms with Crippen LogP contribution >= 0.6 is 0 Å². The van der Waals surface area contributed by atoms with Crippen LogP contribution in [0.15, 0.2) is 54.6 Å². The molecule has 0 aliphatic carbocycles. The van der Waals surface area contributed by atoms with Crippen LogP contribution in [-0.4, -0.2) is 30.5 Å². The zero-order valence-corrected chi connectivity index (χ0v) is 14.3. The number of amides is 1. The zero-order valence-electron chi connectivity index (χ0n) is 14.3. The van der Waals surface area contributed by atoms with Gasteiger partial charge in [-0.1, -0.05) is 42.5 Å². The molecule has 0 aromatic heterocycles. The smallest absolute Gasteiger partial charge is 0.387 e. The highest BCUT2D eigenvalue weighted by Crippen LogP contribution is 2.23. The van der Waals surface area contributed by atoms with E-state index >= 15 is 0 Å². The first-order chi connectivity index (χ1) is 12.0.